The first-order chi connectivity index (χ1) is 10.2. The van der Waals surface area contributed by atoms with Crippen LogP contribution in [-0.4, -0.2) is 16.7 Å². The predicted molar refractivity (Wildman–Crippen MR) is 82.4 cm³/mol. The number of nitrogens with zero attached hydrogens (tertiary/aromatic N) is 2. The summed E-state index contributed by atoms with van der Waals surface area (Å²) in [7, 11) is 0. The molecule has 5 heteroatoms. The summed E-state index contributed by atoms with van der Waals surface area (Å²) in [6, 6.07) is 7.74. The molecule has 1 fully saturated rings. The Morgan fingerprint density at radius 2 is 1.95 bits per heavy atom. The van der Waals surface area contributed by atoms with E-state index in [2.05, 4.69) is 10.1 Å². The number of aromatic nitrogens is 2. The van der Waals surface area contributed by atoms with E-state index in [1.165, 1.54) is 19.3 Å². The summed E-state index contributed by atoms with van der Waals surface area (Å²) in [4.78, 5) is 4.60. The van der Waals surface area contributed by atoms with Crippen LogP contribution in [0.15, 0.2) is 28.8 Å². The van der Waals surface area contributed by atoms with Crippen LogP contribution in [0.25, 0.3) is 0 Å². The molecule has 112 valence electrons. The molecular weight excluding hydrogens is 286 g/mol. The molecule has 2 aromatic rings. The normalized spacial score (nSPS) is 17.8. The molecule has 3 rings (SSSR count). The molecule has 2 N–H and O–H groups in total. The Kier molecular flexibility index (Phi) is 4.27. The zero-order valence-electron chi connectivity index (χ0n) is 12.0. The summed E-state index contributed by atoms with van der Waals surface area (Å²) in [5.41, 5.74) is 6.90. The number of nitrogens with two attached hydrogens (primary N) is 1. The van der Waals surface area contributed by atoms with Crippen molar-refractivity contribution in [2.45, 2.75) is 43.9 Å². The predicted octanol–water partition coefficient (Wildman–Crippen LogP) is 3.47. The molecule has 0 unspecified atom stereocenters. The first-order valence-corrected chi connectivity index (χ1v) is 7.88. The zero-order chi connectivity index (χ0) is 14.7. The highest BCUT2D eigenvalue weighted by Crippen LogP contribution is 2.37. The third-order valence-corrected chi connectivity index (χ3v) is 4.80. The molecule has 0 saturated heterocycles. The fourth-order valence-electron chi connectivity index (χ4n) is 3.09. The van der Waals surface area contributed by atoms with Crippen molar-refractivity contribution >= 4 is 11.6 Å². The van der Waals surface area contributed by atoms with Gasteiger partial charge in [0.15, 0.2) is 5.82 Å². The second-order valence-electron chi connectivity index (χ2n) is 5.83. The average molecular weight is 306 g/mol. The van der Waals surface area contributed by atoms with Crippen LogP contribution in [0.5, 0.6) is 0 Å². The van der Waals surface area contributed by atoms with Gasteiger partial charge in [-0.05, 0) is 24.5 Å². The molecule has 1 aliphatic carbocycles. The number of halogens is 1. The first-order valence-electron chi connectivity index (χ1n) is 7.50. The molecule has 1 aliphatic rings. The van der Waals surface area contributed by atoms with E-state index in [0.29, 0.717) is 24.7 Å². The summed E-state index contributed by atoms with van der Waals surface area (Å²) >= 11 is 6.18. The molecule has 0 amide bonds. The largest absolute Gasteiger partial charge is 0.339 e. The first kappa shape index (κ1) is 14.5. The second-order valence-corrected chi connectivity index (χ2v) is 6.24. The van der Waals surface area contributed by atoms with E-state index in [1.54, 1.807) is 0 Å². The molecule has 1 aromatic carbocycles. The summed E-state index contributed by atoms with van der Waals surface area (Å²) in [6.45, 7) is 0.570. The van der Waals surface area contributed by atoms with Crippen molar-refractivity contribution in [3.05, 3.63) is 46.6 Å². The summed E-state index contributed by atoms with van der Waals surface area (Å²) < 4.78 is 5.53. The van der Waals surface area contributed by atoms with Gasteiger partial charge in [-0.1, -0.05) is 54.2 Å². The van der Waals surface area contributed by atoms with Crippen LogP contribution in [0.2, 0.25) is 5.02 Å². The van der Waals surface area contributed by atoms with Crippen LogP contribution in [0.1, 0.15) is 49.4 Å². The molecule has 0 radical (unpaired) electrons. The van der Waals surface area contributed by atoms with Crippen molar-refractivity contribution in [3.63, 3.8) is 0 Å². The molecule has 1 heterocycles. The van der Waals surface area contributed by atoms with Crippen molar-refractivity contribution in [2.24, 2.45) is 5.73 Å². The van der Waals surface area contributed by atoms with E-state index in [4.69, 9.17) is 21.9 Å². The van der Waals surface area contributed by atoms with Crippen molar-refractivity contribution < 1.29 is 4.52 Å². The minimum Gasteiger partial charge on any atom is -0.339 e. The SMILES string of the molecule is NCC1(c2nc(Cc3ccccc3Cl)no2)CCCCC1. The van der Waals surface area contributed by atoms with Crippen molar-refractivity contribution in [2.75, 3.05) is 6.54 Å². The Hall–Kier alpha value is -1.39. The highest BCUT2D eigenvalue weighted by molar-refractivity contribution is 6.31. The van der Waals surface area contributed by atoms with Gasteiger partial charge in [-0.25, -0.2) is 0 Å². The van der Waals surface area contributed by atoms with Gasteiger partial charge >= 0.3 is 0 Å². The molecule has 4 nitrogen and oxygen atoms in total. The van der Waals surface area contributed by atoms with Gasteiger partial charge in [0.1, 0.15) is 0 Å². The van der Waals surface area contributed by atoms with Crippen LogP contribution in [-0.2, 0) is 11.8 Å². The Labute approximate surface area is 129 Å². The van der Waals surface area contributed by atoms with Gasteiger partial charge in [-0.3, -0.25) is 0 Å². The minimum atomic E-state index is -0.121. The Morgan fingerprint density at radius 1 is 1.19 bits per heavy atom. The molecule has 0 bridgehead atoms. The monoisotopic (exact) mass is 305 g/mol. The smallest absolute Gasteiger partial charge is 0.234 e. The Morgan fingerprint density at radius 3 is 2.67 bits per heavy atom. The highest BCUT2D eigenvalue weighted by Gasteiger charge is 2.37. The number of benzene rings is 1. The van der Waals surface area contributed by atoms with Gasteiger partial charge in [-0.2, -0.15) is 4.98 Å². The zero-order valence-corrected chi connectivity index (χ0v) is 12.8. The van der Waals surface area contributed by atoms with E-state index in [0.717, 1.165) is 23.4 Å². The standard InChI is InChI=1S/C16H20ClN3O/c17-13-7-3-2-6-12(13)10-14-19-15(21-20-14)16(11-18)8-4-1-5-9-16/h2-3,6-7H,1,4-5,8-11,18H2. The molecule has 21 heavy (non-hydrogen) atoms. The highest BCUT2D eigenvalue weighted by atomic mass is 35.5. The van der Waals surface area contributed by atoms with Gasteiger partial charge < -0.3 is 10.3 Å². The molecule has 1 aromatic heterocycles. The number of rotatable bonds is 4. The minimum absolute atomic E-state index is 0.121. The lowest BCUT2D eigenvalue weighted by molar-refractivity contribution is 0.219. The quantitative estimate of drug-likeness (QED) is 0.939. The second kappa shape index (κ2) is 6.16. The van der Waals surface area contributed by atoms with Crippen molar-refractivity contribution in [1.82, 2.24) is 10.1 Å². The maximum absolute atomic E-state index is 6.18. The fraction of sp³-hybridized carbons (Fsp3) is 0.500. The van der Waals surface area contributed by atoms with Crippen LogP contribution in [0, 0.1) is 0 Å². The third kappa shape index (κ3) is 2.97. The molecule has 0 spiro atoms. The maximum atomic E-state index is 6.18. The fourth-order valence-corrected chi connectivity index (χ4v) is 3.29. The van der Waals surface area contributed by atoms with Crippen LogP contribution in [0.4, 0.5) is 0 Å². The lowest BCUT2D eigenvalue weighted by atomic mass is 9.74. The van der Waals surface area contributed by atoms with Gasteiger partial charge in [-0.15, -0.1) is 0 Å². The van der Waals surface area contributed by atoms with E-state index in [9.17, 15) is 0 Å². The van der Waals surface area contributed by atoms with Crippen molar-refractivity contribution in [3.8, 4) is 0 Å². The Bertz CT molecular complexity index is 605. The third-order valence-electron chi connectivity index (χ3n) is 4.43. The van der Waals surface area contributed by atoms with Crippen molar-refractivity contribution in [1.29, 1.82) is 0 Å². The number of hydrogen-bond donors (Lipinski definition) is 1. The number of hydrogen-bond acceptors (Lipinski definition) is 4. The molecule has 0 atom stereocenters. The maximum Gasteiger partial charge on any atom is 0.234 e. The topological polar surface area (TPSA) is 64.9 Å². The molecule has 1 saturated carbocycles. The Balaban J connectivity index is 1.81. The van der Waals surface area contributed by atoms with Gasteiger partial charge in [0.25, 0.3) is 0 Å². The summed E-state index contributed by atoms with van der Waals surface area (Å²) in [5.74, 6) is 1.38. The lowest BCUT2D eigenvalue weighted by Gasteiger charge is -2.32. The molecular formula is C16H20ClN3O. The summed E-state index contributed by atoms with van der Waals surface area (Å²) in [5, 5.41) is 4.85. The van der Waals surface area contributed by atoms with Crippen LogP contribution < -0.4 is 5.73 Å². The van der Waals surface area contributed by atoms with Gasteiger partial charge in [0.2, 0.25) is 5.89 Å². The van der Waals surface area contributed by atoms with E-state index < -0.39 is 0 Å². The van der Waals surface area contributed by atoms with Gasteiger partial charge in [0, 0.05) is 18.0 Å². The van der Waals surface area contributed by atoms with Crippen LogP contribution in [0.3, 0.4) is 0 Å². The average Bonchev–Trinajstić information content (AvgIpc) is 2.99. The molecule has 0 aliphatic heterocycles. The van der Waals surface area contributed by atoms with E-state index in [1.807, 2.05) is 24.3 Å². The lowest BCUT2D eigenvalue weighted by Crippen LogP contribution is -2.37. The van der Waals surface area contributed by atoms with Gasteiger partial charge in [0.05, 0.1) is 5.41 Å². The summed E-state index contributed by atoms with van der Waals surface area (Å²) in [6.07, 6.45) is 6.29. The van der Waals surface area contributed by atoms with Crippen LogP contribution >= 0.6 is 11.6 Å². The van der Waals surface area contributed by atoms with E-state index in [-0.39, 0.29) is 5.41 Å². The van der Waals surface area contributed by atoms with E-state index >= 15 is 0 Å².